The lowest BCUT2D eigenvalue weighted by molar-refractivity contribution is -0.138. The summed E-state index contributed by atoms with van der Waals surface area (Å²) in [6, 6.07) is 5.77. The van der Waals surface area contributed by atoms with Crippen molar-refractivity contribution in [3.05, 3.63) is 35.4 Å². The fourth-order valence-corrected chi connectivity index (χ4v) is 2.88. The van der Waals surface area contributed by atoms with E-state index in [4.69, 9.17) is 0 Å². The van der Waals surface area contributed by atoms with Crippen LogP contribution in [0, 0.1) is 0 Å². The van der Waals surface area contributed by atoms with Gasteiger partial charge in [0.25, 0.3) is 0 Å². The summed E-state index contributed by atoms with van der Waals surface area (Å²) in [6.45, 7) is 3.75. The number of benzene rings is 1. The molecule has 2 atom stereocenters. The normalized spacial score (nSPS) is 22.8. The summed E-state index contributed by atoms with van der Waals surface area (Å²) in [5.74, 6) is 0. The second-order valence-corrected chi connectivity index (χ2v) is 5.57. The standard InChI is InChI=1S/C15H21F3N2/c1-11(19-12-6-5-9-20(2)10-12)13-7-3-4-8-14(13)15(16,17)18/h3-4,7-8,11-12,19H,5-6,9-10H2,1-2H3. The van der Waals surface area contributed by atoms with Gasteiger partial charge in [0.15, 0.2) is 0 Å². The van der Waals surface area contributed by atoms with Gasteiger partial charge in [-0.05, 0) is 45.0 Å². The topological polar surface area (TPSA) is 15.3 Å². The molecule has 1 aliphatic heterocycles. The van der Waals surface area contributed by atoms with Crippen LogP contribution in [-0.2, 0) is 6.18 Å². The van der Waals surface area contributed by atoms with Gasteiger partial charge in [-0.1, -0.05) is 18.2 Å². The van der Waals surface area contributed by atoms with E-state index in [9.17, 15) is 13.2 Å². The molecule has 1 fully saturated rings. The van der Waals surface area contributed by atoms with Gasteiger partial charge < -0.3 is 10.2 Å². The number of hydrogen-bond acceptors (Lipinski definition) is 2. The van der Waals surface area contributed by atoms with Crippen LogP contribution in [0.4, 0.5) is 13.2 Å². The fourth-order valence-electron chi connectivity index (χ4n) is 2.88. The maximum absolute atomic E-state index is 13.0. The molecule has 2 unspecified atom stereocenters. The Hall–Kier alpha value is -1.07. The van der Waals surface area contributed by atoms with Crippen LogP contribution in [0.1, 0.15) is 36.9 Å². The first-order chi connectivity index (χ1) is 9.38. The minimum Gasteiger partial charge on any atom is -0.306 e. The third-order valence-electron chi connectivity index (χ3n) is 3.84. The van der Waals surface area contributed by atoms with Crippen molar-refractivity contribution in [2.45, 2.75) is 38.0 Å². The smallest absolute Gasteiger partial charge is 0.306 e. The van der Waals surface area contributed by atoms with Gasteiger partial charge in [-0.15, -0.1) is 0 Å². The summed E-state index contributed by atoms with van der Waals surface area (Å²) < 4.78 is 39.0. The van der Waals surface area contributed by atoms with Crippen molar-refractivity contribution < 1.29 is 13.2 Å². The highest BCUT2D eigenvalue weighted by Gasteiger charge is 2.34. The second kappa shape index (κ2) is 6.14. The Morgan fingerprint density at radius 3 is 2.65 bits per heavy atom. The minimum atomic E-state index is -4.30. The molecule has 112 valence electrons. The highest BCUT2D eigenvalue weighted by Crippen LogP contribution is 2.34. The van der Waals surface area contributed by atoms with Crippen molar-refractivity contribution in [2.24, 2.45) is 0 Å². The van der Waals surface area contributed by atoms with Gasteiger partial charge in [-0.2, -0.15) is 13.2 Å². The zero-order valence-corrected chi connectivity index (χ0v) is 11.9. The number of likely N-dealkylation sites (tertiary alicyclic amines) is 1. The monoisotopic (exact) mass is 286 g/mol. The number of hydrogen-bond donors (Lipinski definition) is 1. The summed E-state index contributed by atoms with van der Waals surface area (Å²) in [6.07, 6.45) is -2.19. The molecule has 1 saturated heterocycles. The van der Waals surface area contributed by atoms with E-state index in [-0.39, 0.29) is 12.1 Å². The number of rotatable bonds is 3. The van der Waals surface area contributed by atoms with Gasteiger partial charge in [0.2, 0.25) is 0 Å². The van der Waals surface area contributed by atoms with E-state index in [1.165, 1.54) is 6.07 Å². The van der Waals surface area contributed by atoms with Crippen molar-refractivity contribution in [1.29, 1.82) is 0 Å². The van der Waals surface area contributed by atoms with Crippen LogP contribution in [0.25, 0.3) is 0 Å². The molecule has 2 nitrogen and oxygen atoms in total. The predicted molar refractivity (Wildman–Crippen MR) is 73.5 cm³/mol. The molecule has 0 amide bonds. The average Bonchev–Trinajstić information content (AvgIpc) is 2.37. The Bertz CT molecular complexity index is 445. The Kier molecular flexibility index (Phi) is 4.70. The molecule has 1 aromatic carbocycles. The van der Waals surface area contributed by atoms with Gasteiger partial charge in [0, 0.05) is 18.6 Å². The van der Waals surface area contributed by atoms with Gasteiger partial charge in [-0.25, -0.2) is 0 Å². The van der Waals surface area contributed by atoms with E-state index in [2.05, 4.69) is 10.2 Å². The van der Waals surface area contributed by atoms with Crippen LogP contribution in [0.3, 0.4) is 0 Å². The molecule has 1 aromatic rings. The van der Waals surface area contributed by atoms with Crippen molar-refractivity contribution in [3.8, 4) is 0 Å². The van der Waals surface area contributed by atoms with Gasteiger partial charge in [0.1, 0.15) is 0 Å². The Morgan fingerprint density at radius 1 is 1.30 bits per heavy atom. The molecule has 0 saturated carbocycles. The molecular weight excluding hydrogens is 265 g/mol. The number of halogens is 3. The Morgan fingerprint density at radius 2 is 2.00 bits per heavy atom. The van der Waals surface area contributed by atoms with Crippen LogP contribution >= 0.6 is 0 Å². The van der Waals surface area contributed by atoms with Crippen molar-refractivity contribution >= 4 is 0 Å². The van der Waals surface area contributed by atoms with E-state index >= 15 is 0 Å². The molecular formula is C15H21F3N2. The molecule has 5 heteroatoms. The maximum Gasteiger partial charge on any atom is 0.416 e. The first-order valence-corrected chi connectivity index (χ1v) is 6.98. The average molecular weight is 286 g/mol. The third kappa shape index (κ3) is 3.73. The summed E-state index contributed by atoms with van der Waals surface area (Å²) in [5, 5.41) is 3.34. The first-order valence-electron chi connectivity index (χ1n) is 6.98. The van der Waals surface area contributed by atoms with Crippen LogP contribution in [0.15, 0.2) is 24.3 Å². The summed E-state index contributed by atoms with van der Waals surface area (Å²) in [5.41, 5.74) is -0.211. The molecule has 2 rings (SSSR count). The van der Waals surface area contributed by atoms with Gasteiger partial charge in [-0.3, -0.25) is 0 Å². The number of piperidine rings is 1. The lowest BCUT2D eigenvalue weighted by Crippen LogP contribution is -2.45. The fraction of sp³-hybridized carbons (Fsp3) is 0.600. The molecule has 20 heavy (non-hydrogen) atoms. The minimum absolute atomic E-state index is 0.255. The van der Waals surface area contributed by atoms with Crippen molar-refractivity contribution in [3.63, 3.8) is 0 Å². The second-order valence-electron chi connectivity index (χ2n) is 5.57. The van der Waals surface area contributed by atoms with Crippen LogP contribution in [0.5, 0.6) is 0 Å². The van der Waals surface area contributed by atoms with Crippen molar-refractivity contribution in [1.82, 2.24) is 10.2 Å². The highest BCUT2D eigenvalue weighted by molar-refractivity contribution is 5.32. The van der Waals surface area contributed by atoms with Gasteiger partial charge >= 0.3 is 6.18 Å². The lowest BCUT2D eigenvalue weighted by Gasteiger charge is -2.33. The quantitative estimate of drug-likeness (QED) is 0.915. The molecule has 1 N–H and O–H groups in total. The summed E-state index contributed by atoms with van der Waals surface area (Å²) in [4.78, 5) is 2.21. The third-order valence-corrected chi connectivity index (χ3v) is 3.84. The molecule has 0 bridgehead atoms. The molecule has 0 aromatic heterocycles. The first kappa shape index (κ1) is 15.3. The van der Waals surface area contributed by atoms with E-state index in [1.807, 2.05) is 7.05 Å². The molecule has 0 aliphatic carbocycles. The van der Waals surface area contributed by atoms with E-state index in [1.54, 1.807) is 19.1 Å². The SMILES string of the molecule is CC(NC1CCCN(C)C1)c1ccccc1C(F)(F)F. The van der Waals surface area contributed by atoms with Crippen molar-refractivity contribution in [2.75, 3.05) is 20.1 Å². The lowest BCUT2D eigenvalue weighted by atomic mass is 9.98. The Balaban J connectivity index is 2.11. The number of nitrogens with zero attached hydrogens (tertiary/aromatic N) is 1. The maximum atomic E-state index is 13.0. The number of nitrogens with one attached hydrogen (secondary N) is 1. The number of alkyl halides is 3. The summed E-state index contributed by atoms with van der Waals surface area (Å²) in [7, 11) is 2.04. The molecule has 0 spiro atoms. The van der Waals surface area contributed by atoms with E-state index < -0.39 is 11.7 Å². The molecule has 1 heterocycles. The van der Waals surface area contributed by atoms with Crippen LogP contribution in [0.2, 0.25) is 0 Å². The predicted octanol–water partition coefficient (Wildman–Crippen LogP) is 3.45. The summed E-state index contributed by atoms with van der Waals surface area (Å²) >= 11 is 0. The zero-order valence-electron chi connectivity index (χ0n) is 11.9. The highest BCUT2D eigenvalue weighted by atomic mass is 19.4. The van der Waals surface area contributed by atoms with Gasteiger partial charge in [0.05, 0.1) is 5.56 Å². The zero-order chi connectivity index (χ0) is 14.8. The van der Waals surface area contributed by atoms with E-state index in [0.29, 0.717) is 5.56 Å². The largest absolute Gasteiger partial charge is 0.416 e. The Labute approximate surface area is 118 Å². The number of likely N-dealkylation sites (N-methyl/N-ethyl adjacent to an activating group) is 1. The molecule has 0 radical (unpaired) electrons. The molecule has 1 aliphatic rings. The van der Waals surface area contributed by atoms with E-state index in [0.717, 1.165) is 32.0 Å². The van der Waals surface area contributed by atoms with Crippen LogP contribution < -0.4 is 5.32 Å². The van der Waals surface area contributed by atoms with Crippen LogP contribution in [-0.4, -0.2) is 31.1 Å².